The number of hydrogen-bond acceptors (Lipinski definition) is 4. The van der Waals surface area contributed by atoms with Gasteiger partial charge in [-0.15, -0.1) is 24.0 Å². The number of guanidine groups is 1. The van der Waals surface area contributed by atoms with E-state index in [4.69, 9.17) is 15.5 Å². The number of nitrogens with zero attached hydrogens (tertiary/aromatic N) is 2. The summed E-state index contributed by atoms with van der Waals surface area (Å²) in [5, 5.41) is 6.91. The van der Waals surface area contributed by atoms with Gasteiger partial charge in [-0.05, 0) is 44.4 Å². The summed E-state index contributed by atoms with van der Waals surface area (Å²) in [4.78, 5) is 18.1. The molecule has 4 N–H and O–H groups in total. The highest BCUT2D eigenvalue weighted by Gasteiger charge is 2.31. The van der Waals surface area contributed by atoms with Crippen molar-refractivity contribution in [2.45, 2.75) is 46.3 Å². The lowest BCUT2D eigenvalue weighted by Gasteiger charge is -2.22. The molecular formula is C20H34IN5O2. The summed E-state index contributed by atoms with van der Waals surface area (Å²) in [5.41, 5.74) is 6.13. The van der Waals surface area contributed by atoms with Gasteiger partial charge in [-0.2, -0.15) is 0 Å². The van der Waals surface area contributed by atoms with Crippen molar-refractivity contribution in [2.24, 2.45) is 16.6 Å². The first-order valence-electron chi connectivity index (χ1n) is 9.68. The summed E-state index contributed by atoms with van der Waals surface area (Å²) >= 11 is 0. The number of ether oxygens (including phenoxy) is 1. The van der Waals surface area contributed by atoms with Crippen molar-refractivity contribution in [1.29, 1.82) is 0 Å². The average molecular weight is 503 g/mol. The minimum Gasteiger partial charge on any atom is -0.484 e. The number of nitrogens with one attached hydrogen (secondary N) is 2. The van der Waals surface area contributed by atoms with E-state index in [0.717, 1.165) is 31.2 Å². The van der Waals surface area contributed by atoms with E-state index in [1.54, 1.807) is 6.07 Å². The first kappa shape index (κ1) is 24.5. The molecule has 0 bridgehead atoms. The molecule has 7 nitrogen and oxygen atoms in total. The molecule has 1 fully saturated rings. The van der Waals surface area contributed by atoms with Gasteiger partial charge in [-0.1, -0.05) is 19.1 Å². The fourth-order valence-corrected chi connectivity index (χ4v) is 3.17. The second-order valence-corrected chi connectivity index (χ2v) is 7.37. The second-order valence-electron chi connectivity index (χ2n) is 7.37. The molecule has 1 amide bonds. The Morgan fingerprint density at radius 3 is 2.75 bits per heavy atom. The van der Waals surface area contributed by atoms with E-state index in [9.17, 15) is 4.79 Å². The van der Waals surface area contributed by atoms with E-state index in [-0.39, 0.29) is 30.6 Å². The third kappa shape index (κ3) is 7.83. The minimum absolute atomic E-state index is 0. The van der Waals surface area contributed by atoms with Crippen LogP contribution in [0.25, 0.3) is 0 Å². The van der Waals surface area contributed by atoms with Gasteiger partial charge in [0.15, 0.2) is 12.6 Å². The van der Waals surface area contributed by atoms with Crippen LogP contribution in [0.1, 0.15) is 33.3 Å². The van der Waals surface area contributed by atoms with Crippen LogP contribution in [0.15, 0.2) is 29.3 Å². The van der Waals surface area contributed by atoms with Gasteiger partial charge in [0.1, 0.15) is 5.75 Å². The number of carbonyl (C=O) groups excluding carboxylic acids is 1. The molecule has 0 aromatic heterocycles. The molecule has 2 unspecified atom stereocenters. The summed E-state index contributed by atoms with van der Waals surface area (Å²) in [6.45, 7) is 12.2. The average Bonchev–Trinajstić information content (AvgIpc) is 2.99. The molecule has 158 valence electrons. The van der Waals surface area contributed by atoms with E-state index in [1.165, 1.54) is 0 Å². The van der Waals surface area contributed by atoms with Crippen LogP contribution in [0.5, 0.6) is 5.75 Å². The molecule has 1 heterocycles. The standard InChI is InChI=1S/C20H33N5O2.HI/c1-5-22-20(24-18-12-25(14(2)3)11-15(18)4)23-10-16-7-6-8-17(9-16)27-13-19(21)26;/h6-9,14-15,18H,5,10-13H2,1-4H3,(H2,21,26)(H2,22,23,24);1H. The van der Waals surface area contributed by atoms with Crippen LogP contribution < -0.4 is 21.1 Å². The molecule has 1 aromatic rings. The molecule has 2 rings (SSSR count). The van der Waals surface area contributed by atoms with Crippen LogP contribution in [0.2, 0.25) is 0 Å². The number of benzene rings is 1. The maximum absolute atomic E-state index is 10.9. The number of likely N-dealkylation sites (tertiary alicyclic amines) is 1. The molecule has 8 heteroatoms. The number of rotatable bonds is 8. The zero-order valence-corrected chi connectivity index (χ0v) is 19.6. The van der Waals surface area contributed by atoms with Gasteiger partial charge in [0.05, 0.1) is 6.54 Å². The van der Waals surface area contributed by atoms with Crippen molar-refractivity contribution in [3.63, 3.8) is 0 Å². The largest absolute Gasteiger partial charge is 0.484 e. The normalized spacial score (nSPS) is 20.0. The maximum Gasteiger partial charge on any atom is 0.255 e. The maximum atomic E-state index is 10.9. The van der Waals surface area contributed by atoms with Gasteiger partial charge in [-0.25, -0.2) is 4.99 Å². The number of aliphatic imine (C=N–C) groups is 1. The first-order chi connectivity index (χ1) is 12.9. The molecule has 2 atom stereocenters. The lowest BCUT2D eigenvalue weighted by atomic mass is 10.1. The van der Waals surface area contributed by atoms with Crippen LogP contribution in [-0.4, -0.2) is 55.1 Å². The molecule has 0 aliphatic carbocycles. The Morgan fingerprint density at radius 2 is 2.14 bits per heavy atom. The highest BCUT2D eigenvalue weighted by atomic mass is 127. The monoisotopic (exact) mass is 503 g/mol. The van der Waals surface area contributed by atoms with Crippen molar-refractivity contribution in [3.05, 3.63) is 29.8 Å². The summed E-state index contributed by atoms with van der Waals surface area (Å²) < 4.78 is 5.36. The quantitative estimate of drug-likeness (QED) is 0.287. The number of nitrogens with two attached hydrogens (primary N) is 1. The summed E-state index contributed by atoms with van der Waals surface area (Å²) in [5.74, 6) is 1.53. The van der Waals surface area contributed by atoms with Crippen molar-refractivity contribution < 1.29 is 9.53 Å². The second kappa shape index (κ2) is 12.1. The Morgan fingerprint density at radius 1 is 1.39 bits per heavy atom. The van der Waals surface area contributed by atoms with E-state index in [0.29, 0.717) is 30.3 Å². The van der Waals surface area contributed by atoms with E-state index in [2.05, 4.69) is 43.2 Å². The predicted molar refractivity (Wildman–Crippen MR) is 124 cm³/mol. The smallest absolute Gasteiger partial charge is 0.255 e. The number of hydrogen-bond donors (Lipinski definition) is 3. The van der Waals surface area contributed by atoms with Gasteiger partial charge < -0.3 is 21.1 Å². The zero-order valence-electron chi connectivity index (χ0n) is 17.3. The SMILES string of the molecule is CCNC(=NCc1cccc(OCC(N)=O)c1)NC1CN(C(C)C)CC1C.I. The van der Waals surface area contributed by atoms with Gasteiger partial charge in [0, 0.05) is 31.7 Å². The molecule has 1 saturated heterocycles. The summed E-state index contributed by atoms with van der Waals surface area (Å²) in [6, 6.07) is 8.51. The Bertz CT molecular complexity index is 653. The third-order valence-corrected chi connectivity index (χ3v) is 4.74. The van der Waals surface area contributed by atoms with Gasteiger partial charge >= 0.3 is 0 Å². The van der Waals surface area contributed by atoms with Crippen molar-refractivity contribution in [2.75, 3.05) is 26.2 Å². The molecule has 1 aliphatic heterocycles. The van der Waals surface area contributed by atoms with Crippen molar-refractivity contribution in [3.8, 4) is 5.75 Å². The van der Waals surface area contributed by atoms with E-state index < -0.39 is 5.91 Å². The van der Waals surface area contributed by atoms with Crippen LogP contribution in [-0.2, 0) is 11.3 Å². The molecule has 0 spiro atoms. The molecule has 1 aromatic carbocycles. The van der Waals surface area contributed by atoms with Crippen molar-refractivity contribution >= 4 is 35.8 Å². The number of primary amides is 1. The molecule has 1 aliphatic rings. The minimum atomic E-state index is -0.488. The van der Waals surface area contributed by atoms with Crippen LogP contribution in [0, 0.1) is 5.92 Å². The fraction of sp³-hybridized carbons (Fsp3) is 0.600. The highest BCUT2D eigenvalue weighted by molar-refractivity contribution is 14.0. The third-order valence-electron chi connectivity index (χ3n) is 4.74. The molecule has 0 radical (unpaired) electrons. The zero-order chi connectivity index (χ0) is 19.8. The number of carbonyl (C=O) groups is 1. The highest BCUT2D eigenvalue weighted by Crippen LogP contribution is 2.19. The first-order valence-corrected chi connectivity index (χ1v) is 9.68. The van der Waals surface area contributed by atoms with Gasteiger partial charge in [0.25, 0.3) is 5.91 Å². The lowest BCUT2D eigenvalue weighted by molar-refractivity contribution is -0.119. The van der Waals surface area contributed by atoms with Crippen LogP contribution in [0.4, 0.5) is 0 Å². The topological polar surface area (TPSA) is 92.0 Å². The Balaban J connectivity index is 0.00000392. The Labute approximate surface area is 185 Å². The lowest BCUT2D eigenvalue weighted by Crippen LogP contribution is -2.46. The summed E-state index contributed by atoms with van der Waals surface area (Å²) in [7, 11) is 0. The fourth-order valence-electron chi connectivity index (χ4n) is 3.17. The predicted octanol–water partition coefficient (Wildman–Crippen LogP) is 1.95. The van der Waals surface area contributed by atoms with Crippen LogP contribution in [0.3, 0.4) is 0 Å². The Kier molecular flexibility index (Phi) is 10.6. The van der Waals surface area contributed by atoms with E-state index in [1.807, 2.05) is 18.2 Å². The number of amides is 1. The number of halogens is 1. The van der Waals surface area contributed by atoms with Crippen molar-refractivity contribution in [1.82, 2.24) is 15.5 Å². The van der Waals surface area contributed by atoms with Gasteiger partial charge in [0.2, 0.25) is 0 Å². The van der Waals surface area contributed by atoms with Gasteiger partial charge in [-0.3, -0.25) is 9.69 Å². The Hall–Kier alpha value is -1.55. The molecule has 0 saturated carbocycles. The van der Waals surface area contributed by atoms with E-state index >= 15 is 0 Å². The molecular weight excluding hydrogens is 469 g/mol. The summed E-state index contributed by atoms with van der Waals surface area (Å²) in [6.07, 6.45) is 0. The molecule has 28 heavy (non-hydrogen) atoms. The van der Waals surface area contributed by atoms with Crippen LogP contribution >= 0.6 is 24.0 Å².